The molecular weight excluding hydrogens is 256 g/mol. The van der Waals surface area contributed by atoms with Crippen LogP contribution in [-0.2, 0) is 24.5 Å². The summed E-state index contributed by atoms with van der Waals surface area (Å²) in [5.74, 6) is -1.68. The van der Waals surface area contributed by atoms with Crippen molar-refractivity contribution in [1.29, 1.82) is 0 Å². The molecule has 1 N–H and O–H groups in total. The fraction of sp³-hybridized carbons (Fsp3) is 0.875. The highest BCUT2D eigenvalue weighted by Gasteiger charge is 2.23. The Morgan fingerprint density at radius 1 is 1.19 bits per heavy atom. The van der Waals surface area contributed by atoms with Crippen LogP contribution in [0.3, 0.4) is 0 Å². The lowest BCUT2D eigenvalue weighted by molar-refractivity contribution is -0.136. The van der Waals surface area contributed by atoms with Crippen LogP contribution < -0.4 is 0 Å². The highest BCUT2D eigenvalue weighted by atomic mass is 32.2. The van der Waals surface area contributed by atoms with Crippen molar-refractivity contribution in [1.82, 2.24) is 0 Å². The quantitative estimate of drug-likeness (QED) is 0.682. The Hall–Kier alpha value is -0.630. The van der Waals surface area contributed by atoms with Gasteiger partial charge < -0.3 is 5.11 Å². The molecule has 0 aromatic rings. The molecule has 6 nitrogen and oxygen atoms in total. The number of hydrogen-bond donors (Lipinski definition) is 1. The molecule has 0 aliphatic rings. The molecule has 96 valence electrons. The molecule has 0 aliphatic carbocycles. The summed E-state index contributed by atoms with van der Waals surface area (Å²) in [6, 6.07) is 0. The summed E-state index contributed by atoms with van der Waals surface area (Å²) in [4.78, 5) is 10.3. The minimum atomic E-state index is -3.52. The second kappa shape index (κ2) is 5.62. The van der Waals surface area contributed by atoms with Crippen molar-refractivity contribution in [2.45, 2.75) is 25.0 Å². The highest BCUT2D eigenvalue weighted by molar-refractivity contribution is 7.92. The van der Waals surface area contributed by atoms with Gasteiger partial charge in [-0.2, -0.15) is 0 Å². The first-order valence-electron chi connectivity index (χ1n) is 4.65. The van der Waals surface area contributed by atoms with E-state index < -0.39 is 37.3 Å². The molecule has 1 atom stereocenters. The Bertz CT molecular complexity index is 433. The van der Waals surface area contributed by atoms with Crippen molar-refractivity contribution in [2.24, 2.45) is 0 Å². The van der Waals surface area contributed by atoms with E-state index in [0.717, 1.165) is 6.26 Å². The molecule has 0 spiro atoms. The van der Waals surface area contributed by atoms with Gasteiger partial charge >= 0.3 is 5.97 Å². The molecule has 8 heteroatoms. The van der Waals surface area contributed by atoms with Gasteiger partial charge in [-0.1, -0.05) is 0 Å². The monoisotopic (exact) mass is 272 g/mol. The maximum Gasteiger partial charge on any atom is 0.304 e. The summed E-state index contributed by atoms with van der Waals surface area (Å²) in [7, 11) is -6.70. The van der Waals surface area contributed by atoms with Gasteiger partial charge in [-0.25, -0.2) is 16.8 Å². The molecule has 0 aromatic heterocycles. The van der Waals surface area contributed by atoms with Gasteiger partial charge in [0.25, 0.3) is 0 Å². The number of carboxylic acids is 1. The Balaban J connectivity index is 4.31. The van der Waals surface area contributed by atoms with Crippen LogP contribution in [0.1, 0.15) is 19.8 Å². The summed E-state index contributed by atoms with van der Waals surface area (Å²) < 4.78 is 44.5. The smallest absolute Gasteiger partial charge is 0.304 e. The van der Waals surface area contributed by atoms with Gasteiger partial charge in [0.2, 0.25) is 0 Å². The molecular formula is C8H16O6S2. The van der Waals surface area contributed by atoms with Crippen molar-refractivity contribution < 1.29 is 26.7 Å². The normalized spacial score (nSPS) is 14.6. The lowest BCUT2D eigenvalue weighted by atomic mass is 10.3. The van der Waals surface area contributed by atoms with Gasteiger partial charge in [-0.15, -0.1) is 0 Å². The predicted octanol–water partition coefficient (Wildman–Crippen LogP) is -0.301. The first-order valence-corrected chi connectivity index (χ1v) is 8.43. The maximum atomic E-state index is 11.5. The van der Waals surface area contributed by atoms with Gasteiger partial charge in [-0.05, 0) is 13.3 Å². The van der Waals surface area contributed by atoms with Crippen molar-refractivity contribution in [3.63, 3.8) is 0 Å². The first kappa shape index (κ1) is 15.4. The van der Waals surface area contributed by atoms with E-state index in [1.54, 1.807) is 0 Å². The molecule has 0 rings (SSSR count). The maximum absolute atomic E-state index is 11.5. The second-order valence-electron chi connectivity index (χ2n) is 3.76. The topological polar surface area (TPSA) is 106 Å². The van der Waals surface area contributed by atoms with Crippen LogP contribution in [0.2, 0.25) is 0 Å². The fourth-order valence-corrected chi connectivity index (χ4v) is 3.29. The zero-order valence-electron chi connectivity index (χ0n) is 9.21. The summed E-state index contributed by atoms with van der Waals surface area (Å²) in [5, 5.41) is 7.46. The third-order valence-electron chi connectivity index (χ3n) is 2.02. The second-order valence-corrected chi connectivity index (χ2v) is 8.56. The van der Waals surface area contributed by atoms with Gasteiger partial charge in [0, 0.05) is 6.26 Å². The molecule has 0 radical (unpaired) electrons. The SMILES string of the molecule is CC(CC(=O)O)S(=O)(=O)CCCS(C)(=O)=O. The van der Waals surface area contributed by atoms with E-state index in [1.807, 2.05) is 0 Å². The molecule has 16 heavy (non-hydrogen) atoms. The minimum absolute atomic E-state index is 0.00509. The number of carbonyl (C=O) groups is 1. The third kappa shape index (κ3) is 6.78. The Morgan fingerprint density at radius 2 is 1.69 bits per heavy atom. The van der Waals surface area contributed by atoms with E-state index >= 15 is 0 Å². The molecule has 0 amide bonds. The van der Waals surface area contributed by atoms with Crippen molar-refractivity contribution in [3.05, 3.63) is 0 Å². The van der Waals surface area contributed by atoms with Crippen LogP contribution >= 0.6 is 0 Å². The standard InChI is InChI=1S/C8H16O6S2/c1-7(6-8(9)10)16(13,14)5-3-4-15(2,11)12/h7H,3-6H2,1-2H3,(H,9,10). The minimum Gasteiger partial charge on any atom is -0.481 e. The zero-order chi connectivity index (χ0) is 13.0. The van der Waals surface area contributed by atoms with Crippen LogP contribution in [0, 0.1) is 0 Å². The largest absolute Gasteiger partial charge is 0.481 e. The van der Waals surface area contributed by atoms with E-state index in [1.165, 1.54) is 6.92 Å². The number of sulfone groups is 2. The van der Waals surface area contributed by atoms with E-state index in [0.29, 0.717) is 0 Å². The van der Waals surface area contributed by atoms with E-state index in [-0.39, 0.29) is 17.9 Å². The first-order chi connectivity index (χ1) is 7.04. The van der Waals surface area contributed by atoms with Crippen LogP contribution in [-0.4, -0.2) is 50.9 Å². The number of rotatable bonds is 7. The Morgan fingerprint density at radius 3 is 2.06 bits per heavy atom. The Kier molecular flexibility index (Phi) is 5.40. The fourth-order valence-electron chi connectivity index (χ4n) is 1.10. The van der Waals surface area contributed by atoms with Gasteiger partial charge in [0.05, 0.1) is 23.2 Å². The molecule has 0 bridgehead atoms. The van der Waals surface area contributed by atoms with Crippen LogP contribution in [0.25, 0.3) is 0 Å². The van der Waals surface area contributed by atoms with Crippen LogP contribution in [0.4, 0.5) is 0 Å². The molecule has 0 aliphatic heterocycles. The summed E-state index contributed by atoms with van der Waals surface area (Å²) >= 11 is 0. The number of carboxylic acid groups (broad SMARTS) is 1. The molecule has 0 heterocycles. The van der Waals surface area contributed by atoms with E-state index in [2.05, 4.69) is 0 Å². The van der Waals surface area contributed by atoms with E-state index in [9.17, 15) is 21.6 Å². The van der Waals surface area contributed by atoms with Gasteiger partial charge in [0.1, 0.15) is 9.84 Å². The average molecular weight is 272 g/mol. The van der Waals surface area contributed by atoms with Gasteiger partial charge in [0.15, 0.2) is 9.84 Å². The molecule has 0 saturated carbocycles. The molecule has 0 fully saturated rings. The van der Waals surface area contributed by atoms with Gasteiger partial charge in [-0.3, -0.25) is 4.79 Å². The van der Waals surface area contributed by atoms with Crippen molar-refractivity contribution >= 4 is 25.6 Å². The van der Waals surface area contributed by atoms with Crippen molar-refractivity contribution in [3.8, 4) is 0 Å². The summed E-state index contributed by atoms with van der Waals surface area (Å²) in [6.45, 7) is 1.31. The third-order valence-corrected chi connectivity index (χ3v) is 5.30. The zero-order valence-corrected chi connectivity index (χ0v) is 10.8. The van der Waals surface area contributed by atoms with Crippen LogP contribution in [0.15, 0.2) is 0 Å². The van der Waals surface area contributed by atoms with E-state index in [4.69, 9.17) is 5.11 Å². The van der Waals surface area contributed by atoms with Crippen molar-refractivity contribution in [2.75, 3.05) is 17.8 Å². The highest BCUT2D eigenvalue weighted by Crippen LogP contribution is 2.08. The van der Waals surface area contributed by atoms with Crippen LogP contribution in [0.5, 0.6) is 0 Å². The summed E-state index contributed by atoms with van der Waals surface area (Å²) in [6.07, 6.45) is 0.576. The lowest BCUT2D eigenvalue weighted by Gasteiger charge is -2.09. The lowest BCUT2D eigenvalue weighted by Crippen LogP contribution is -2.25. The Labute approximate surface area is 95.5 Å². The molecule has 0 aromatic carbocycles. The molecule has 1 unspecified atom stereocenters. The number of hydrogen-bond acceptors (Lipinski definition) is 5. The molecule has 0 saturated heterocycles. The average Bonchev–Trinajstić information content (AvgIpc) is 1.99. The summed E-state index contributed by atoms with van der Waals surface area (Å²) in [5.41, 5.74) is 0. The number of aliphatic carboxylic acids is 1. The predicted molar refractivity (Wildman–Crippen MR) is 59.8 cm³/mol.